The molecule has 0 unspecified atom stereocenters. The van der Waals surface area contributed by atoms with Crippen LogP contribution in [-0.2, 0) is 14.8 Å². The van der Waals surface area contributed by atoms with Crippen LogP contribution in [0.2, 0.25) is 5.02 Å². The summed E-state index contributed by atoms with van der Waals surface area (Å²) < 4.78 is 31.0. The second-order valence-corrected chi connectivity index (χ2v) is 8.15. The average molecular weight is 397 g/mol. The monoisotopic (exact) mass is 396 g/mol. The van der Waals surface area contributed by atoms with Gasteiger partial charge in [-0.25, -0.2) is 8.42 Å². The van der Waals surface area contributed by atoms with E-state index in [-0.39, 0.29) is 23.9 Å². The summed E-state index contributed by atoms with van der Waals surface area (Å²) in [5.74, 6) is -0.0996. The van der Waals surface area contributed by atoms with Crippen LogP contribution in [0.5, 0.6) is 5.75 Å². The Hall–Kier alpha value is -2.25. The number of hydrogen-bond acceptors (Lipinski definition) is 4. The predicted octanol–water partition coefficient (Wildman–Crippen LogP) is 3.09. The number of sulfonamides is 1. The highest BCUT2D eigenvalue weighted by molar-refractivity contribution is 7.92. The van der Waals surface area contributed by atoms with Crippen molar-refractivity contribution in [2.24, 2.45) is 0 Å². The lowest BCUT2D eigenvalue weighted by molar-refractivity contribution is -0.116. The summed E-state index contributed by atoms with van der Waals surface area (Å²) >= 11 is 6.10. The summed E-state index contributed by atoms with van der Waals surface area (Å²) in [7, 11) is -0.709. The molecule has 0 spiro atoms. The van der Waals surface area contributed by atoms with E-state index in [0.717, 1.165) is 10.6 Å². The Kier molecular flexibility index (Phi) is 6.15. The van der Waals surface area contributed by atoms with Crippen molar-refractivity contribution in [1.29, 1.82) is 0 Å². The van der Waals surface area contributed by atoms with Crippen molar-refractivity contribution in [3.63, 3.8) is 0 Å². The molecule has 0 aliphatic rings. The lowest BCUT2D eigenvalue weighted by Gasteiger charge is -2.27. The maximum atomic E-state index is 12.7. The molecule has 8 heteroatoms. The maximum Gasteiger partial charge on any atom is 0.247 e. The number of ether oxygens (including phenoxy) is 1. The second-order valence-electron chi connectivity index (χ2n) is 5.83. The van der Waals surface area contributed by atoms with Gasteiger partial charge in [0.25, 0.3) is 0 Å². The number of carbonyl (C=O) groups excluding carboxylic acids is 1. The van der Waals surface area contributed by atoms with E-state index >= 15 is 0 Å². The van der Waals surface area contributed by atoms with E-state index in [9.17, 15) is 13.2 Å². The van der Waals surface area contributed by atoms with E-state index in [1.54, 1.807) is 44.3 Å². The Balaban J connectivity index is 2.41. The van der Waals surface area contributed by atoms with Gasteiger partial charge in [-0.2, -0.15) is 0 Å². The van der Waals surface area contributed by atoms with Crippen molar-refractivity contribution in [3.05, 3.63) is 53.1 Å². The summed E-state index contributed by atoms with van der Waals surface area (Å²) in [4.78, 5) is 14.1. The topological polar surface area (TPSA) is 66.9 Å². The molecule has 26 heavy (non-hydrogen) atoms. The fourth-order valence-electron chi connectivity index (χ4n) is 2.41. The number of aryl methyl sites for hydroxylation is 1. The van der Waals surface area contributed by atoms with Crippen LogP contribution in [0, 0.1) is 6.92 Å². The minimum absolute atomic E-state index is 0.270. The SMILES string of the molecule is COc1cc(Cl)c(C)cc1N(CC(=O)N(C)c1ccccc1)S(C)(=O)=O. The summed E-state index contributed by atoms with van der Waals surface area (Å²) in [6, 6.07) is 12.1. The molecular formula is C18H21ClN2O4S. The van der Waals surface area contributed by atoms with Crippen molar-refractivity contribution in [1.82, 2.24) is 0 Å². The number of nitrogens with zero attached hydrogens (tertiary/aromatic N) is 2. The highest BCUT2D eigenvalue weighted by Gasteiger charge is 2.26. The second kappa shape index (κ2) is 7.97. The molecule has 0 atom stereocenters. The van der Waals surface area contributed by atoms with Gasteiger partial charge in [0.05, 0.1) is 19.1 Å². The molecule has 0 aliphatic heterocycles. The Morgan fingerprint density at radius 3 is 2.35 bits per heavy atom. The molecule has 0 fully saturated rings. The van der Waals surface area contributed by atoms with Crippen LogP contribution in [-0.4, -0.2) is 41.3 Å². The molecule has 0 saturated heterocycles. The van der Waals surface area contributed by atoms with Gasteiger partial charge in [-0.15, -0.1) is 0 Å². The third-order valence-electron chi connectivity index (χ3n) is 3.93. The summed E-state index contributed by atoms with van der Waals surface area (Å²) in [5.41, 5.74) is 1.62. The predicted molar refractivity (Wildman–Crippen MR) is 105 cm³/mol. The van der Waals surface area contributed by atoms with Crippen molar-refractivity contribution in [2.75, 3.05) is 36.2 Å². The molecule has 0 radical (unpaired) electrons. The van der Waals surface area contributed by atoms with Crippen LogP contribution < -0.4 is 13.9 Å². The summed E-state index contributed by atoms with van der Waals surface area (Å²) in [5, 5.41) is 0.451. The number of likely N-dealkylation sites (N-methyl/N-ethyl adjacent to an activating group) is 1. The zero-order valence-electron chi connectivity index (χ0n) is 15.1. The third kappa shape index (κ3) is 4.47. The van der Waals surface area contributed by atoms with Gasteiger partial charge in [0, 0.05) is 23.8 Å². The number of carbonyl (C=O) groups is 1. The maximum absolute atomic E-state index is 12.7. The molecule has 0 bridgehead atoms. The first-order chi connectivity index (χ1) is 12.1. The Labute approximate surface area is 159 Å². The number of amides is 1. The van der Waals surface area contributed by atoms with Crippen LogP contribution >= 0.6 is 11.6 Å². The molecule has 0 N–H and O–H groups in total. The normalized spacial score (nSPS) is 11.1. The number of benzene rings is 2. The lowest BCUT2D eigenvalue weighted by atomic mass is 10.2. The number of halogens is 1. The number of hydrogen-bond donors (Lipinski definition) is 0. The molecule has 0 aromatic heterocycles. The lowest BCUT2D eigenvalue weighted by Crippen LogP contribution is -2.41. The zero-order valence-corrected chi connectivity index (χ0v) is 16.6. The van der Waals surface area contributed by atoms with Crippen LogP contribution in [0.4, 0.5) is 11.4 Å². The minimum Gasteiger partial charge on any atom is -0.494 e. The first-order valence-corrected chi connectivity index (χ1v) is 10.0. The van der Waals surface area contributed by atoms with Crippen molar-refractivity contribution in [3.8, 4) is 5.75 Å². The van der Waals surface area contributed by atoms with E-state index in [1.165, 1.54) is 18.1 Å². The van der Waals surface area contributed by atoms with Crippen LogP contribution in [0.25, 0.3) is 0 Å². The van der Waals surface area contributed by atoms with E-state index in [0.29, 0.717) is 16.3 Å². The van der Waals surface area contributed by atoms with Gasteiger partial charge in [-0.05, 0) is 30.7 Å². The van der Waals surface area contributed by atoms with Gasteiger partial charge in [-0.1, -0.05) is 29.8 Å². The molecule has 2 rings (SSSR count). The molecule has 0 saturated carbocycles. The van der Waals surface area contributed by atoms with E-state index in [4.69, 9.17) is 16.3 Å². The van der Waals surface area contributed by atoms with Crippen molar-refractivity contribution in [2.45, 2.75) is 6.92 Å². The van der Waals surface area contributed by atoms with Crippen LogP contribution in [0.15, 0.2) is 42.5 Å². The van der Waals surface area contributed by atoms with Gasteiger partial charge in [-0.3, -0.25) is 9.10 Å². The first kappa shape index (κ1) is 20.1. The van der Waals surface area contributed by atoms with Gasteiger partial charge < -0.3 is 9.64 Å². The molecule has 0 aliphatic carbocycles. The molecule has 6 nitrogen and oxygen atoms in total. The standard InChI is InChI=1S/C18H21ClN2O4S/c1-13-10-16(17(25-3)11-15(13)19)21(26(4,23)24)12-18(22)20(2)14-8-6-5-7-9-14/h5-11H,12H2,1-4H3. The van der Waals surface area contributed by atoms with Crippen LogP contribution in [0.1, 0.15) is 5.56 Å². The highest BCUT2D eigenvalue weighted by Crippen LogP contribution is 2.35. The zero-order chi connectivity index (χ0) is 19.5. The Morgan fingerprint density at radius 1 is 1.19 bits per heavy atom. The molecular weight excluding hydrogens is 376 g/mol. The first-order valence-electron chi connectivity index (χ1n) is 7.78. The highest BCUT2D eigenvalue weighted by atomic mass is 35.5. The van der Waals surface area contributed by atoms with Crippen molar-refractivity contribution < 1.29 is 17.9 Å². The quantitative estimate of drug-likeness (QED) is 0.752. The van der Waals surface area contributed by atoms with Crippen molar-refractivity contribution >= 4 is 38.9 Å². The van der Waals surface area contributed by atoms with E-state index in [2.05, 4.69) is 0 Å². The Bertz CT molecular complexity index is 901. The molecule has 2 aromatic rings. The van der Waals surface area contributed by atoms with Gasteiger partial charge in [0.2, 0.25) is 15.9 Å². The smallest absolute Gasteiger partial charge is 0.247 e. The summed E-state index contributed by atoms with van der Waals surface area (Å²) in [6.07, 6.45) is 1.05. The molecule has 0 heterocycles. The summed E-state index contributed by atoms with van der Waals surface area (Å²) in [6.45, 7) is 1.39. The van der Waals surface area contributed by atoms with E-state index < -0.39 is 10.0 Å². The fourth-order valence-corrected chi connectivity index (χ4v) is 3.41. The number of methoxy groups -OCH3 is 1. The molecule has 2 aromatic carbocycles. The number of para-hydroxylation sites is 1. The fraction of sp³-hybridized carbons (Fsp3) is 0.278. The number of anilines is 2. The molecule has 140 valence electrons. The molecule has 1 amide bonds. The van der Waals surface area contributed by atoms with Crippen LogP contribution in [0.3, 0.4) is 0 Å². The largest absolute Gasteiger partial charge is 0.494 e. The number of rotatable bonds is 6. The average Bonchev–Trinajstić information content (AvgIpc) is 2.60. The minimum atomic E-state index is -3.73. The van der Waals surface area contributed by atoms with E-state index in [1.807, 2.05) is 6.07 Å². The van der Waals surface area contributed by atoms with Gasteiger partial charge in [0.1, 0.15) is 12.3 Å². The Morgan fingerprint density at radius 2 is 1.81 bits per heavy atom. The third-order valence-corrected chi connectivity index (χ3v) is 5.46. The van der Waals surface area contributed by atoms with Gasteiger partial charge >= 0.3 is 0 Å². The van der Waals surface area contributed by atoms with Gasteiger partial charge in [0.15, 0.2) is 0 Å².